The summed E-state index contributed by atoms with van der Waals surface area (Å²) >= 11 is 0. The molecule has 3 rings (SSSR count). The summed E-state index contributed by atoms with van der Waals surface area (Å²) in [5, 5.41) is 137. The standard InChI is InChI=1S/C85H138N22O23/c1-8-11-12-13-14-15-16-17-18-19-20-25-67(115)95-63(43-109)79(125)106-69(49(6)9-2)81(127)97-56(23-21-34-91-84(86)87)72(118)101-60(38-52-28-32-55(114)33-29-52)74(120)103-64(44-110)77(123)99-58(36-48(4)5)73(119)104-66(46-112)80(126)107-70(50(7)10-3)82(128)105-65(45-111)78(124)100-59(37-51-26-30-54(113)31-27-51)71(117)93-41-68(116)96-62(42-108)76(122)102-61(39-53-40-90-47-94-53)75(121)98-57(83(129)130)24-22-35-92-85(88)89/h26-33,40,47-50,56-66,69-70,108-114H,8-25,34-39,41-46H2,1-7H3,(H,90,94)(H,93,117)(H,95,115)(H,96,116)(H,97,127)(H,98,121)(H,99,123)(H,100,124)(H,101,118)(H,102,122)(H,103,120)(H,104,119)(H,105,128)(H,106,125)(H,107,126)(H,129,130)(H4,86,87,91)(H4,88,89,92)/t49-,50-,56-,57-,58-,59-,60-,61-,62-,63-,64-,65-,66-,69-,70-/m0/s1. The van der Waals surface area contributed by atoms with Crippen LogP contribution in [0.1, 0.15) is 187 Å². The molecular formula is C85H138N22O23. The third kappa shape index (κ3) is 42.7. The van der Waals surface area contributed by atoms with Gasteiger partial charge in [-0.25, -0.2) is 9.78 Å². The van der Waals surface area contributed by atoms with Crippen LogP contribution in [-0.2, 0) is 91.2 Å². The van der Waals surface area contributed by atoms with E-state index in [2.05, 4.69) is 102 Å². The highest BCUT2D eigenvalue weighted by Crippen LogP contribution is 2.19. The number of imidazole rings is 1. The van der Waals surface area contributed by atoms with Gasteiger partial charge in [0.1, 0.15) is 90.0 Å². The number of carboxylic acids is 1. The second-order valence-electron chi connectivity index (χ2n) is 32.4. The first-order valence-electron chi connectivity index (χ1n) is 44.0. The molecule has 726 valence electrons. The minimum Gasteiger partial charge on any atom is -0.508 e. The van der Waals surface area contributed by atoms with Gasteiger partial charge >= 0.3 is 5.97 Å². The molecule has 0 unspecified atom stereocenters. The number of H-pyrrole nitrogens is 1. The van der Waals surface area contributed by atoms with Crippen LogP contribution in [0.15, 0.2) is 61.1 Å². The molecule has 31 N–H and O–H groups in total. The predicted octanol–water partition coefficient (Wildman–Crippen LogP) is -4.32. The highest BCUT2D eigenvalue weighted by Gasteiger charge is 2.39. The van der Waals surface area contributed by atoms with Crippen LogP contribution in [0.2, 0.25) is 0 Å². The SMILES string of the molecule is CCCCCCCCCCCCCC(=O)N[C@@H](CO)C(=O)N[C@H](C(=O)N[C@@H](CCCNC(=N)N)C(=O)N[C@@H](Cc1ccc(O)cc1)C(=O)N[C@@H](CO)C(=O)N[C@@H](CC(C)C)C(=O)N[C@@H](CO)C(=O)N[C@H](C(=O)N[C@@H](CO)C(=O)N[C@@H](Cc1ccc(O)cc1)C(=O)NCC(=O)N[C@@H](CO)C(=O)N[C@@H](Cc1cnc[nH]1)C(=O)N[C@@H](CCCNC(=N)N)C(=O)O)[C@@H](C)CC)[C@@H](C)CC. The largest absolute Gasteiger partial charge is 0.508 e. The molecule has 45 heteroatoms. The predicted molar refractivity (Wildman–Crippen MR) is 475 cm³/mol. The molecule has 45 nitrogen and oxygen atoms in total. The van der Waals surface area contributed by atoms with E-state index in [1.807, 2.05) is 0 Å². The normalized spacial score (nSPS) is 14.6. The number of amides is 14. The number of aromatic nitrogens is 2. The molecule has 0 aliphatic heterocycles. The smallest absolute Gasteiger partial charge is 0.326 e. The van der Waals surface area contributed by atoms with E-state index in [9.17, 15) is 113 Å². The summed E-state index contributed by atoms with van der Waals surface area (Å²) in [5.41, 5.74) is 11.8. The maximum absolute atomic E-state index is 14.7. The van der Waals surface area contributed by atoms with E-state index in [1.165, 1.54) is 100 Å². The van der Waals surface area contributed by atoms with Gasteiger partial charge < -0.3 is 142 Å². The van der Waals surface area contributed by atoms with Gasteiger partial charge in [-0.3, -0.25) is 77.9 Å². The summed E-state index contributed by atoms with van der Waals surface area (Å²) in [7, 11) is 0. The number of phenols is 2. The van der Waals surface area contributed by atoms with Crippen molar-refractivity contribution in [3.63, 3.8) is 0 Å². The maximum atomic E-state index is 14.7. The molecule has 14 amide bonds. The van der Waals surface area contributed by atoms with E-state index in [-0.39, 0.29) is 94.8 Å². The Bertz CT molecular complexity index is 4090. The molecule has 0 saturated heterocycles. The maximum Gasteiger partial charge on any atom is 0.326 e. The monoisotopic (exact) mass is 1840 g/mol. The Labute approximate surface area is 755 Å². The number of phenolic OH excluding ortho intramolecular Hbond substituents is 2. The highest BCUT2D eigenvalue weighted by atomic mass is 16.4. The van der Waals surface area contributed by atoms with Crippen molar-refractivity contribution in [1.82, 2.24) is 95.0 Å². The van der Waals surface area contributed by atoms with E-state index in [0.29, 0.717) is 29.7 Å². The first kappa shape index (κ1) is 112. The lowest BCUT2D eigenvalue weighted by atomic mass is 9.97. The fourth-order valence-corrected chi connectivity index (χ4v) is 13.3. The Hall–Kier alpha value is -12.4. The van der Waals surface area contributed by atoms with Crippen LogP contribution in [0, 0.1) is 28.6 Å². The zero-order valence-electron chi connectivity index (χ0n) is 75.0. The Morgan fingerprint density at radius 3 is 1.10 bits per heavy atom. The lowest BCUT2D eigenvalue weighted by Gasteiger charge is -2.29. The molecule has 0 bridgehead atoms. The summed E-state index contributed by atoms with van der Waals surface area (Å²) < 4.78 is 0. The summed E-state index contributed by atoms with van der Waals surface area (Å²) in [6.07, 6.45) is 13.4. The molecule has 15 atom stereocenters. The van der Waals surface area contributed by atoms with Crippen LogP contribution in [0.25, 0.3) is 0 Å². The number of hydrogen-bond acceptors (Lipinski definition) is 25. The number of carbonyl (C=O) groups excluding carboxylic acids is 14. The molecule has 0 spiro atoms. The summed E-state index contributed by atoms with van der Waals surface area (Å²) in [6, 6.07) is -10.7. The highest BCUT2D eigenvalue weighted by molar-refractivity contribution is 6.00. The average Bonchev–Trinajstić information content (AvgIpc) is 1.23. The van der Waals surface area contributed by atoms with Gasteiger partial charge in [-0.2, -0.15) is 0 Å². The van der Waals surface area contributed by atoms with Gasteiger partial charge in [0.15, 0.2) is 11.9 Å². The second-order valence-corrected chi connectivity index (χ2v) is 32.4. The molecule has 130 heavy (non-hydrogen) atoms. The quantitative estimate of drug-likeness (QED) is 0.0144. The van der Waals surface area contributed by atoms with E-state index in [1.54, 1.807) is 34.6 Å². The number of guanidine groups is 2. The number of benzene rings is 2. The summed E-state index contributed by atoms with van der Waals surface area (Å²) in [6.45, 7) is 5.84. The molecular weight excluding hydrogens is 1700 g/mol. The number of aliphatic hydroxyl groups excluding tert-OH is 5. The second kappa shape index (κ2) is 61.2. The number of aromatic amines is 1. The zero-order valence-corrected chi connectivity index (χ0v) is 75.0. The number of carbonyl (C=O) groups is 15. The van der Waals surface area contributed by atoms with Crippen LogP contribution < -0.4 is 96.5 Å². The van der Waals surface area contributed by atoms with Crippen LogP contribution in [0.4, 0.5) is 0 Å². The minimum atomic E-state index is -1.90. The molecule has 1 heterocycles. The number of nitrogens with zero attached hydrogens (tertiary/aromatic N) is 1. The third-order valence-corrected chi connectivity index (χ3v) is 21.3. The number of carboxylic acid groups (broad SMARTS) is 1. The van der Waals surface area contributed by atoms with Crippen molar-refractivity contribution in [2.45, 2.75) is 268 Å². The number of nitrogens with one attached hydrogen (secondary N) is 19. The van der Waals surface area contributed by atoms with Gasteiger partial charge in [-0.1, -0.05) is 150 Å². The van der Waals surface area contributed by atoms with E-state index in [0.717, 1.165) is 32.1 Å². The Balaban J connectivity index is 1.82. The Morgan fingerprint density at radius 2 is 0.708 bits per heavy atom. The van der Waals surface area contributed by atoms with Gasteiger partial charge in [0.2, 0.25) is 82.7 Å². The van der Waals surface area contributed by atoms with E-state index >= 15 is 0 Å². The Kier molecular flexibility index (Phi) is 52.6. The van der Waals surface area contributed by atoms with Gasteiger partial charge in [0.05, 0.1) is 45.9 Å². The number of aromatic hydroxyl groups is 2. The number of aliphatic carboxylic acids is 1. The average molecular weight is 1840 g/mol. The molecule has 3 aromatic rings. The molecule has 0 saturated carbocycles. The summed E-state index contributed by atoms with van der Waals surface area (Å²) in [5.74, 6) is -18.9. The number of unbranched alkanes of at least 4 members (excludes halogenated alkanes) is 10. The van der Waals surface area contributed by atoms with Crippen molar-refractivity contribution in [1.29, 1.82) is 10.8 Å². The topological polar surface area (TPSA) is 739 Å². The number of aliphatic hydroxyl groups is 5. The van der Waals surface area contributed by atoms with Crippen molar-refractivity contribution < 1.29 is 113 Å². The molecule has 1 aromatic heterocycles. The van der Waals surface area contributed by atoms with Gasteiger partial charge in [0, 0.05) is 50.7 Å². The van der Waals surface area contributed by atoms with Crippen LogP contribution in [0.3, 0.4) is 0 Å². The molecule has 2 aromatic carbocycles. The first-order valence-corrected chi connectivity index (χ1v) is 44.0. The van der Waals surface area contributed by atoms with Gasteiger partial charge in [-0.05, 0) is 91.7 Å². The van der Waals surface area contributed by atoms with Crippen molar-refractivity contribution >= 4 is 101 Å². The van der Waals surface area contributed by atoms with Gasteiger partial charge in [-0.15, -0.1) is 0 Å². The molecule has 0 aliphatic carbocycles. The fraction of sp³-hybridized carbons (Fsp3) is 0.624. The van der Waals surface area contributed by atoms with Crippen molar-refractivity contribution in [3.8, 4) is 11.5 Å². The number of hydrogen-bond donors (Lipinski definition) is 29. The minimum absolute atomic E-state index is 0.0156. The number of nitrogens with two attached hydrogens (primary N) is 2. The van der Waals surface area contributed by atoms with Crippen LogP contribution >= 0.6 is 0 Å². The molecule has 0 radical (unpaired) electrons. The summed E-state index contributed by atoms with van der Waals surface area (Å²) in [4.78, 5) is 215. The lowest BCUT2D eigenvalue weighted by molar-refractivity contribution is -0.142. The van der Waals surface area contributed by atoms with E-state index < -0.39 is 231 Å². The Morgan fingerprint density at radius 1 is 0.377 bits per heavy atom. The first-order chi connectivity index (χ1) is 61.8. The number of rotatable bonds is 65. The third-order valence-electron chi connectivity index (χ3n) is 21.3. The molecule has 0 aliphatic rings. The lowest BCUT2D eigenvalue weighted by Crippen LogP contribution is -2.62. The van der Waals surface area contributed by atoms with Crippen LogP contribution in [-0.4, -0.2) is 283 Å². The van der Waals surface area contributed by atoms with Crippen LogP contribution in [0.5, 0.6) is 11.5 Å². The van der Waals surface area contributed by atoms with Crippen molar-refractivity contribution in [2.75, 3.05) is 52.7 Å². The van der Waals surface area contributed by atoms with Crippen molar-refractivity contribution in [2.24, 2.45) is 29.2 Å². The fourth-order valence-electron chi connectivity index (χ4n) is 13.3. The molecule has 0 fully saturated rings. The zero-order chi connectivity index (χ0) is 97.0. The van der Waals surface area contributed by atoms with Gasteiger partial charge in [0.25, 0.3) is 0 Å². The van der Waals surface area contributed by atoms with E-state index in [4.69, 9.17) is 22.3 Å². The van der Waals surface area contributed by atoms with Crippen molar-refractivity contribution in [3.05, 3.63) is 77.9 Å².